The number of aromatic nitrogens is 4. The van der Waals surface area contributed by atoms with Crippen molar-refractivity contribution in [3.8, 4) is 0 Å². The maximum Gasteiger partial charge on any atom is 0.215 e. The van der Waals surface area contributed by atoms with Crippen molar-refractivity contribution in [1.29, 1.82) is 0 Å². The number of rotatable bonds is 8. The fourth-order valence-electron chi connectivity index (χ4n) is 8.12. The third kappa shape index (κ3) is 5.20. The van der Waals surface area contributed by atoms with E-state index in [-0.39, 0.29) is 21.1 Å². The van der Waals surface area contributed by atoms with Crippen molar-refractivity contribution in [2.24, 2.45) is 21.1 Å². The van der Waals surface area contributed by atoms with Gasteiger partial charge in [0.2, 0.25) is 22.8 Å². The van der Waals surface area contributed by atoms with Gasteiger partial charge in [0.25, 0.3) is 0 Å². The molecule has 0 aromatic carbocycles. The predicted octanol–water partition coefficient (Wildman–Crippen LogP) is 8.52. The maximum absolute atomic E-state index is 5.41. The minimum Gasteiger partial charge on any atom is -0.657 e. The smallest absolute Gasteiger partial charge is 0.215 e. The normalized spacial score (nSPS) is 13.2. The monoisotopic (exact) mass is 772 g/mol. The van der Waals surface area contributed by atoms with E-state index in [1.54, 1.807) is 0 Å². The molecule has 0 fully saturated rings. The van der Waals surface area contributed by atoms with Crippen LogP contribution >= 0.6 is 0 Å². The SMILES string of the molecule is CCC1=C(CC)c2cc3[n-]c(cc4c(CC)c(CC)c(cc5[n+](C)c(cc1[n+]2C)C(CC)=C5CC)n4C)c(CC)c3CC.[Pt]. The first-order chi connectivity index (χ1) is 20.7. The van der Waals surface area contributed by atoms with Gasteiger partial charge in [0.1, 0.15) is 14.1 Å². The summed E-state index contributed by atoms with van der Waals surface area (Å²) in [6, 6.07) is 9.77. The van der Waals surface area contributed by atoms with E-state index in [4.69, 9.17) is 4.98 Å². The van der Waals surface area contributed by atoms with Crippen molar-refractivity contribution in [2.75, 3.05) is 0 Å². The van der Waals surface area contributed by atoms with Crippen molar-refractivity contribution in [1.82, 2.24) is 9.55 Å². The Kier molecular flexibility index (Phi) is 10.7. The molecule has 0 amide bonds. The van der Waals surface area contributed by atoms with Crippen molar-refractivity contribution in [3.63, 3.8) is 0 Å². The molecule has 238 valence electrons. The van der Waals surface area contributed by atoms with Gasteiger partial charge in [-0.05, 0) is 68.6 Å². The van der Waals surface area contributed by atoms with Crippen LogP contribution < -0.4 is 14.1 Å². The van der Waals surface area contributed by atoms with Crippen LogP contribution in [0.3, 0.4) is 0 Å². The van der Waals surface area contributed by atoms with Crippen LogP contribution in [0.25, 0.3) is 44.4 Å². The van der Waals surface area contributed by atoms with Crippen LogP contribution in [0.15, 0.2) is 24.3 Å². The molecule has 0 radical (unpaired) electrons. The van der Waals surface area contributed by atoms with Crippen LogP contribution in [-0.2, 0) is 67.9 Å². The Morgan fingerprint density at radius 2 is 0.818 bits per heavy atom. The summed E-state index contributed by atoms with van der Waals surface area (Å²) in [7, 11) is 6.80. The molecular formula is C39H53N4Pt+. The van der Waals surface area contributed by atoms with Crippen molar-refractivity contribution < 1.29 is 30.2 Å². The molecule has 0 aliphatic carbocycles. The Morgan fingerprint density at radius 3 is 1.20 bits per heavy atom. The Balaban J connectivity index is 0.00000442. The topological polar surface area (TPSA) is 26.8 Å². The number of hydrogen-bond donors (Lipinski definition) is 0. The summed E-state index contributed by atoms with van der Waals surface area (Å²) in [5.74, 6) is 0. The van der Waals surface area contributed by atoms with E-state index < -0.39 is 0 Å². The number of nitrogens with zero attached hydrogens (tertiary/aromatic N) is 4. The second-order valence-electron chi connectivity index (χ2n) is 12.1. The minimum absolute atomic E-state index is 0. The summed E-state index contributed by atoms with van der Waals surface area (Å²) in [6.07, 6.45) is 8.07. The first kappa shape index (κ1) is 34.2. The average Bonchev–Trinajstić information content (AvgIpc) is 3.65. The maximum atomic E-state index is 5.41. The molecule has 0 atom stereocenters. The van der Waals surface area contributed by atoms with Gasteiger partial charge in [0.05, 0.1) is 11.6 Å². The van der Waals surface area contributed by atoms with E-state index in [2.05, 4.69) is 114 Å². The van der Waals surface area contributed by atoms with Gasteiger partial charge in [-0.3, -0.25) is 0 Å². The van der Waals surface area contributed by atoms with E-state index in [0.29, 0.717) is 0 Å². The first-order valence-electron chi connectivity index (χ1n) is 16.9. The van der Waals surface area contributed by atoms with E-state index in [9.17, 15) is 0 Å². The van der Waals surface area contributed by atoms with Gasteiger partial charge in [0.15, 0.2) is 0 Å². The number of fused-ring (bicyclic) bond motifs is 8. The van der Waals surface area contributed by atoms with Gasteiger partial charge in [-0.1, -0.05) is 72.6 Å². The van der Waals surface area contributed by atoms with Crippen LogP contribution in [0.5, 0.6) is 0 Å². The molecule has 5 rings (SSSR count). The van der Waals surface area contributed by atoms with Crippen LogP contribution in [-0.4, -0.2) is 4.57 Å². The zero-order chi connectivity index (χ0) is 31.2. The Labute approximate surface area is 280 Å². The third-order valence-corrected chi connectivity index (χ3v) is 10.3. The van der Waals surface area contributed by atoms with E-state index >= 15 is 0 Å². The zero-order valence-corrected chi connectivity index (χ0v) is 31.3. The summed E-state index contributed by atoms with van der Waals surface area (Å²) in [5, 5.41) is 0. The van der Waals surface area contributed by atoms with Crippen LogP contribution in [0.1, 0.15) is 126 Å². The summed E-state index contributed by atoms with van der Waals surface area (Å²) in [5.41, 5.74) is 21.8. The Morgan fingerprint density at radius 1 is 0.477 bits per heavy atom. The molecule has 5 heterocycles. The predicted molar refractivity (Wildman–Crippen MR) is 184 cm³/mol. The quantitative estimate of drug-likeness (QED) is 0.211. The molecule has 8 bridgehead atoms. The molecule has 44 heavy (non-hydrogen) atoms. The van der Waals surface area contributed by atoms with E-state index in [1.807, 2.05) is 0 Å². The molecule has 4 nitrogen and oxygen atoms in total. The molecule has 3 aromatic rings. The van der Waals surface area contributed by atoms with Gasteiger partial charge < -0.3 is 9.55 Å². The van der Waals surface area contributed by atoms with Crippen LogP contribution in [0.2, 0.25) is 0 Å². The fourth-order valence-corrected chi connectivity index (χ4v) is 8.12. The second kappa shape index (κ2) is 13.7. The molecule has 0 saturated heterocycles. The van der Waals surface area contributed by atoms with Gasteiger partial charge in [-0.15, -0.1) is 11.0 Å². The summed E-state index contributed by atoms with van der Waals surface area (Å²) >= 11 is 0. The van der Waals surface area contributed by atoms with Gasteiger partial charge in [-0.2, -0.15) is 9.13 Å². The Hall–Kier alpha value is -2.71. The molecule has 0 unspecified atom stereocenters. The molecular weight excluding hydrogens is 720 g/mol. The fraction of sp³-hybridized carbons (Fsp3) is 0.487. The van der Waals surface area contributed by atoms with E-state index in [1.165, 1.54) is 78.4 Å². The summed E-state index contributed by atoms with van der Waals surface area (Å²) in [4.78, 5) is 5.41. The molecule has 2 aliphatic heterocycles. The van der Waals surface area contributed by atoms with Gasteiger partial charge in [-0.25, -0.2) is 0 Å². The van der Waals surface area contributed by atoms with Gasteiger partial charge >= 0.3 is 0 Å². The first-order valence-corrected chi connectivity index (χ1v) is 16.9. The molecule has 0 N–H and O–H groups in total. The van der Waals surface area contributed by atoms with Gasteiger partial charge in [0, 0.05) is 62.0 Å². The number of allylic oxidation sites excluding steroid dienone is 4. The molecule has 2 aliphatic rings. The second-order valence-corrected chi connectivity index (χ2v) is 12.1. The molecule has 5 heteroatoms. The van der Waals surface area contributed by atoms with Crippen LogP contribution in [0, 0.1) is 0 Å². The number of hydrogen-bond acceptors (Lipinski definition) is 0. The zero-order valence-electron chi connectivity index (χ0n) is 29.1. The van der Waals surface area contributed by atoms with Crippen LogP contribution in [0.4, 0.5) is 0 Å². The van der Waals surface area contributed by atoms with Crippen molar-refractivity contribution in [3.05, 3.63) is 69.3 Å². The molecule has 0 spiro atoms. The van der Waals surface area contributed by atoms with Crippen molar-refractivity contribution in [2.45, 2.75) is 107 Å². The standard InChI is InChI=1S/C39H53N4.Pt/c1-12-24-25(13-2)33-21-35-27(15-4)29(17-6)37(42(35)10)23-39-31(19-8)30(18-7)38(43(39)11)22-36-28(16-5)26(14-3)34(41(36)9)20-32(24)40-33;/h20-23H,12-19H2,1-11H3;/q+1;. The summed E-state index contributed by atoms with van der Waals surface area (Å²) in [6.45, 7) is 18.4. The van der Waals surface area contributed by atoms with Crippen molar-refractivity contribution >= 4 is 44.4 Å². The largest absolute Gasteiger partial charge is 0.657 e. The third-order valence-electron chi connectivity index (χ3n) is 10.3. The minimum atomic E-state index is 0. The average molecular weight is 773 g/mol. The number of aryl methyl sites for hydroxylation is 5. The Bertz CT molecular complexity index is 1830. The molecule has 0 saturated carbocycles. The molecule has 3 aromatic heterocycles. The summed E-state index contributed by atoms with van der Waals surface area (Å²) < 4.78 is 7.36. The van der Waals surface area contributed by atoms with E-state index in [0.717, 1.165) is 62.4 Å².